The summed E-state index contributed by atoms with van der Waals surface area (Å²) in [4.78, 5) is 7.95. The molecule has 0 radical (unpaired) electrons. The molecule has 0 aliphatic carbocycles. The zero-order valence-corrected chi connectivity index (χ0v) is 18.2. The summed E-state index contributed by atoms with van der Waals surface area (Å²) < 4.78 is 45.8. The van der Waals surface area contributed by atoms with Crippen LogP contribution in [0.2, 0.25) is 0 Å². The fourth-order valence-electron chi connectivity index (χ4n) is 3.25. The molecule has 0 saturated carbocycles. The van der Waals surface area contributed by atoms with Gasteiger partial charge >= 0.3 is 6.18 Å². The lowest BCUT2D eigenvalue weighted by Gasteiger charge is -2.15. The number of nitrogens with zero attached hydrogens (tertiary/aromatic N) is 2. The van der Waals surface area contributed by atoms with Gasteiger partial charge in [0.15, 0.2) is 0 Å². The number of hydrogen-bond donors (Lipinski definition) is 2. The van der Waals surface area contributed by atoms with E-state index in [0.717, 1.165) is 37.4 Å². The Morgan fingerprint density at radius 2 is 1.72 bits per heavy atom. The van der Waals surface area contributed by atoms with E-state index in [2.05, 4.69) is 27.5 Å². The Morgan fingerprint density at radius 3 is 2.41 bits per heavy atom. The van der Waals surface area contributed by atoms with E-state index in [1.165, 1.54) is 6.42 Å². The molecule has 0 spiro atoms. The number of aromatic nitrogens is 2. The maximum Gasteiger partial charge on any atom is 0.421 e. The fourth-order valence-corrected chi connectivity index (χ4v) is 3.25. The minimum Gasteiger partial charge on any atom is -0.497 e. The number of aryl methyl sites for hydroxylation is 1. The van der Waals surface area contributed by atoms with E-state index in [-0.39, 0.29) is 11.8 Å². The van der Waals surface area contributed by atoms with Crippen molar-refractivity contribution in [1.82, 2.24) is 9.97 Å². The highest BCUT2D eigenvalue weighted by Crippen LogP contribution is 2.35. The van der Waals surface area contributed by atoms with E-state index in [0.29, 0.717) is 17.1 Å². The molecule has 2 N–H and O–H groups in total. The van der Waals surface area contributed by atoms with Crippen LogP contribution < -0.4 is 15.4 Å². The topological polar surface area (TPSA) is 59.1 Å². The monoisotopic (exact) mass is 444 g/mol. The third-order valence-corrected chi connectivity index (χ3v) is 4.95. The number of alkyl halides is 3. The van der Waals surface area contributed by atoms with Crippen molar-refractivity contribution in [1.29, 1.82) is 0 Å². The van der Waals surface area contributed by atoms with Gasteiger partial charge in [-0.05, 0) is 54.8 Å². The van der Waals surface area contributed by atoms with Crippen LogP contribution >= 0.6 is 0 Å². The van der Waals surface area contributed by atoms with Crippen LogP contribution in [0.5, 0.6) is 5.75 Å². The van der Waals surface area contributed by atoms with Gasteiger partial charge in [-0.15, -0.1) is 0 Å². The van der Waals surface area contributed by atoms with Gasteiger partial charge in [0.05, 0.1) is 7.11 Å². The highest BCUT2D eigenvalue weighted by molar-refractivity contribution is 5.63. The van der Waals surface area contributed by atoms with Gasteiger partial charge in [-0.25, -0.2) is 4.98 Å². The van der Waals surface area contributed by atoms with Crippen LogP contribution in [-0.4, -0.2) is 17.1 Å². The molecular formula is C24H27F3N4O. The smallest absolute Gasteiger partial charge is 0.421 e. The summed E-state index contributed by atoms with van der Waals surface area (Å²) in [5.74, 6) is 0.425. The van der Waals surface area contributed by atoms with Gasteiger partial charge in [0.1, 0.15) is 17.1 Å². The molecule has 1 aromatic heterocycles. The third kappa shape index (κ3) is 6.60. The van der Waals surface area contributed by atoms with Gasteiger partial charge < -0.3 is 15.4 Å². The Kier molecular flexibility index (Phi) is 7.92. The number of unbranched alkanes of at least 4 members (excludes halogenated alkanes) is 3. The first-order chi connectivity index (χ1) is 15.4. The average Bonchev–Trinajstić information content (AvgIpc) is 2.77. The second kappa shape index (κ2) is 10.8. The molecule has 0 amide bonds. The van der Waals surface area contributed by atoms with E-state index in [9.17, 15) is 13.2 Å². The van der Waals surface area contributed by atoms with Gasteiger partial charge in [-0.3, -0.25) is 0 Å². The normalized spacial score (nSPS) is 11.3. The minimum absolute atomic E-state index is 0.0568. The molecule has 0 aliphatic rings. The van der Waals surface area contributed by atoms with Crippen LogP contribution in [0.4, 0.5) is 36.3 Å². The van der Waals surface area contributed by atoms with Crippen LogP contribution in [0.15, 0.2) is 54.7 Å². The molecular weight excluding hydrogens is 417 g/mol. The van der Waals surface area contributed by atoms with Gasteiger partial charge in [-0.2, -0.15) is 18.2 Å². The lowest BCUT2D eigenvalue weighted by atomic mass is 10.1. The first-order valence-electron chi connectivity index (χ1n) is 10.6. The number of nitrogens with one attached hydrogen (secondary N) is 2. The van der Waals surface area contributed by atoms with Crippen molar-refractivity contribution in [2.45, 2.75) is 45.2 Å². The number of benzene rings is 2. The fraction of sp³-hybridized carbons (Fsp3) is 0.333. The summed E-state index contributed by atoms with van der Waals surface area (Å²) in [6, 6.07) is 14.3. The summed E-state index contributed by atoms with van der Waals surface area (Å²) in [6.07, 6.45) is 1.61. The van der Waals surface area contributed by atoms with Crippen molar-refractivity contribution in [3.63, 3.8) is 0 Å². The maximum absolute atomic E-state index is 13.6. The van der Waals surface area contributed by atoms with E-state index < -0.39 is 11.7 Å². The predicted molar refractivity (Wildman–Crippen MR) is 121 cm³/mol. The summed E-state index contributed by atoms with van der Waals surface area (Å²) in [7, 11) is 1.56. The van der Waals surface area contributed by atoms with Gasteiger partial charge in [-0.1, -0.05) is 38.3 Å². The molecule has 0 bridgehead atoms. The number of methoxy groups -OCH3 is 1. The van der Waals surface area contributed by atoms with Gasteiger partial charge in [0.2, 0.25) is 5.95 Å². The standard InChI is InChI=1S/C24H27F3N4O/c1-3-4-5-6-8-17-9-7-10-19(15-17)29-22-21(24(25,26)27)16-28-23(31-22)30-18-11-13-20(32-2)14-12-18/h7,9-16H,3-6,8H2,1-2H3,(H2,28,29,30,31). The van der Waals surface area contributed by atoms with Crippen molar-refractivity contribution in [2.24, 2.45) is 0 Å². The predicted octanol–water partition coefficient (Wildman–Crippen LogP) is 7.11. The van der Waals surface area contributed by atoms with Crippen LogP contribution in [0, 0.1) is 0 Å². The number of hydrogen-bond acceptors (Lipinski definition) is 5. The van der Waals surface area contributed by atoms with Crippen molar-refractivity contribution in [3.05, 3.63) is 65.9 Å². The number of halogens is 3. The Hall–Kier alpha value is -3.29. The van der Waals surface area contributed by atoms with Gasteiger partial charge in [0, 0.05) is 17.6 Å². The molecule has 170 valence electrons. The van der Waals surface area contributed by atoms with Crippen LogP contribution in [0.25, 0.3) is 0 Å². The lowest BCUT2D eigenvalue weighted by molar-refractivity contribution is -0.137. The summed E-state index contributed by atoms with van der Waals surface area (Å²) in [6.45, 7) is 2.16. The van der Waals surface area contributed by atoms with Crippen molar-refractivity contribution < 1.29 is 17.9 Å². The van der Waals surface area contributed by atoms with Crippen molar-refractivity contribution in [2.75, 3.05) is 17.7 Å². The van der Waals surface area contributed by atoms with E-state index in [1.807, 2.05) is 18.2 Å². The highest BCUT2D eigenvalue weighted by atomic mass is 19.4. The summed E-state index contributed by atoms with van der Waals surface area (Å²) >= 11 is 0. The average molecular weight is 445 g/mol. The Balaban J connectivity index is 1.81. The molecule has 5 nitrogen and oxygen atoms in total. The first kappa shape index (κ1) is 23.4. The van der Waals surface area contributed by atoms with Gasteiger partial charge in [0.25, 0.3) is 0 Å². The Morgan fingerprint density at radius 1 is 0.938 bits per heavy atom. The molecule has 3 rings (SSSR count). The highest BCUT2D eigenvalue weighted by Gasteiger charge is 2.35. The molecule has 8 heteroatoms. The summed E-state index contributed by atoms with van der Waals surface area (Å²) in [5, 5.41) is 5.76. The number of rotatable bonds is 10. The van der Waals surface area contributed by atoms with E-state index in [1.54, 1.807) is 37.4 Å². The molecule has 0 saturated heterocycles. The van der Waals surface area contributed by atoms with Crippen LogP contribution in [0.1, 0.15) is 43.7 Å². The first-order valence-corrected chi connectivity index (χ1v) is 10.6. The Labute approximate surface area is 186 Å². The molecule has 1 heterocycles. The SMILES string of the molecule is CCCCCCc1cccc(Nc2nc(Nc3ccc(OC)cc3)ncc2C(F)(F)F)c1. The largest absolute Gasteiger partial charge is 0.497 e. The number of anilines is 4. The Bertz CT molecular complexity index is 1010. The molecule has 2 aromatic carbocycles. The molecule has 0 unspecified atom stereocenters. The summed E-state index contributed by atoms with van der Waals surface area (Å²) in [5.41, 5.74) is 1.33. The second-order valence-corrected chi connectivity index (χ2v) is 7.44. The van der Waals surface area contributed by atoms with Crippen molar-refractivity contribution >= 4 is 23.1 Å². The lowest BCUT2D eigenvalue weighted by Crippen LogP contribution is -2.12. The minimum atomic E-state index is -4.58. The molecule has 32 heavy (non-hydrogen) atoms. The van der Waals surface area contributed by atoms with Crippen molar-refractivity contribution in [3.8, 4) is 5.75 Å². The molecule has 0 atom stereocenters. The van der Waals surface area contributed by atoms with E-state index >= 15 is 0 Å². The maximum atomic E-state index is 13.6. The molecule has 0 fully saturated rings. The zero-order chi connectivity index (χ0) is 23.0. The van der Waals surface area contributed by atoms with E-state index in [4.69, 9.17) is 4.74 Å². The zero-order valence-electron chi connectivity index (χ0n) is 18.2. The molecule has 0 aliphatic heterocycles. The van der Waals surface area contributed by atoms with Crippen LogP contribution in [0.3, 0.4) is 0 Å². The number of ether oxygens (including phenoxy) is 1. The second-order valence-electron chi connectivity index (χ2n) is 7.44. The van der Waals surface area contributed by atoms with Crippen LogP contribution in [-0.2, 0) is 12.6 Å². The quantitative estimate of drug-likeness (QED) is 0.326. The third-order valence-electron chi connectivity index (χ3n) is 4.95. The molecule has 3 aromatic rings.